The van der Waals surface area contributed by atoms with Crippen molar-refractivity contribution in [1.82, 2.24) is 15.3 Å². The lowest BCUT2D eigenvalue weighted by Gasteiger charge is -2.33. The number of hydrogen-bond acceptors (Lipinski definition) is 5. The number of amides is 3. The molecule has 1 aromatic heterocycles. The molecule has 0 aromatic carbocycles. The van der Waals surface area contributed by atoms with Crippen molar-refractivity contribution in [2.24, 2.45) is 5.41 Å². The lowest BCUT2D eigenvalue weighted by molar-refractivity contribution is -0.153. The van der Waals surface area contributed by atoms with E-state index in [1.54, 1.807) is 31.4 Å². The summed E-state index contributed by atoms with van der Waals surface area (Å²) in [6.45, 7) is 5.70. The number of nitrogens with one attached hydrogen (secondary N) is 1. The van der Waals surface area contributed by atoms with Crippen molar-refractivity contribution in [1.29, 1.82) is 0 Å². The van der Waals surface area contributed by atoms with Gasteiger partial charge in [-0.3, -0.25) is 24.6 Å². The van der Waals surface area contributed by atoms with Crippen molar-refractivity contribution in [2.75, 3.05) is 6.54 Å². The number of carbonyl (C=O) groups is 4. The lowest BCUT2D eigenvalue weighted by atomic mass is 9.84. The summed E-state index contributed by atoms with van der Waals surface area (Å²) >= 11 is 1.26. The minimum atomic E-state index is -0.754. The third-order valence-electron chi connectivity index (χ3n) is 4.59. The number of Topliss-reactive ketones (excluding diaryl/α,β-unsaturated/α-hetero) is 1. The fraction of sp³-hybridized carbons (Fsp3) is 0.529. The fourth-order valence-electron chi connectivity index (χ4n) is 2.61. The van der Waals surface area contributed by atoms with Crippen molar-refractivity contribution < 1.29 is 19.2 Å². The van der Waals surface area contributed by atoms with E-state index in [0.29, 0.717) is 37.1 Å². The van der Waals surface area contributed by atoms with Gasteiger partial charge in [0, 0.05) is 12.0 Å². The molecule has 3 amide bonds. The predicted octanol–water partition coefficient (Wildman–Crippen LogP) is 1.81. The van der Waals surface area contributed by atoms with E-state index in [1.807, 2.05) is 6.92 Å². The first kappa shape index (κ1) is 19.1. The van der Waals surface area contributed by atoms with Crippen LogP contribution in [0.5, 0.6) is 0 Å². The molecule has 2 heterocycles. The summed E-state index contributed by atoms with van der Waals surface area (Å²) in [6, 6.07) is 3.38. The molecule has 1 aliphatic rings. The molecule has 8 heteroatoms. The van der Waals surface area contributed by atoms with Crippen LogP contribution >= 0.6 is 11.3 Å². The van der Waals surface area contributed by atoms with Crippen LogP contribution in [0.1, 0.15) is 49.7 Å². The number of thiophene rings is 1. The van der Waals surface area contributed by atoms with Gasteiger partial charge < -0.3 is 4.90 Å². The summed E-state index contributed by atoms with van der Waals surface area (Å²) in [5, 5.41) is 2.84. The number of rotatable bonds is 7. The van der Waals surface area contributed by atoms with Crippen molar-refractivity contribution in [3.05, 3.63) is 22.4 Å². The van der Waals surface area contributed by atoms with Gasteiger partial charge in [0.1, 0.15) is 6.17 Å². The highest BCUT2D eigenvalue weighted by Crippen LogP contribution is 2.26. The van der Waals surface area contributed by atoms with Crippen molar-refractivity contribution in [3.8, 4) is 0 Å². The van der Waals surface area contributed by atoms with Gasteiger partial charge >= 0.3 is 0 Å². The van der Waals surface area contributed by atoms with Crippen LogP contribution in [0.25, 0.3) is 0 Å². The second-order valence-corrected chi connectivity index (χ2v) is 7.57. The highest BCUT2D eigenvalue weighted by molar-refractivity contribution is 7.12. The third-order valence-corrected chi connectivity index (χ3v) is 5.45. The molecule has 0 radical (unpaired) electrons. The van der Waals surface area contributed by atoms with Gasteiger partial charge in [-0.25, -0.2) is 5.01 Å². The summed E-state index contributed by atoms with van der Waals surface area (Å²) in [4.78, 5) is 50.6. The Hall–Kier alpha value is -2.22. The first-order chi connectivity index (χ1) is 11.8. The SMILES string of the molecule is CCC(C)(C)C(=O)C(=O)N1CCCC1N(C=O)NC(=O)c1cccs1. The normalized spacial score (nSPS) is 17.2. The van der Waals surface area contributed by atoms with Crippen LogP contribution in [0.4, 0.5) is 0 Å². The Balaban J connectivity index is 2.13. The van der Waals surface area contributed by atoms with Gasteiger partial charge in [0.2, 0.25) is 12.2 Å². The highest BCUT2D eigenvalue weighted by Gasteiger charge is 2.41. The standard InChI is InChI=1S/C17H23N3O4S/c1-4-17(2,3)14(22)16(24)19-9-5-8-13(19)20(11-21)18-15(23)12-7-6-10-25-12/h6-7,10-11,13H,4-5,8-9H2,1-3H3,(H,18,23). The maximum absolute atomic E-state index is 12.6. The molecule has 1 aromatic rings. The number of hydrogen-bond donors (Lipinski definition) is 1. The molecule has 0 spiro atoms. The molecular weight excluding hydrogens is 342 g/mol. The summed E-state index contributed by atoms with van der Waals surface area (Å²) < 4.78 is 0. The summed E-state index contributed by atoms with van der Waals surface area (Å²) in [5.41, 5.74) is 1.77. The van der Waals surface area contributed by atoms with Gasteiger partial charge in [-0.05, 0) is 30.7 Å². The topological polar surface area (TPSA) is 86.8 Å². The van der Waals surface area contributed by atoms with Crippen LogP contribution in [0, 0.1) is 5.41 Å². The molecule has 0 bridgehead atoms. The molecule has 0 aliphatic carbocycles. The smallest absolute Gasteiger partial charge is 0.292 e. The van der Waals surface area contributed by atoms with Crippen LogP contribution < -0.4 is 5.43 Å². The molecule has 7 nitrogen and oxygen atoms in total. The quantitative estimate of drug-likeness (QED) is 0.453. The Morgan fingerprint density at radius 3 is 2.72 bits per heavy atom. The molecule has 1 atom stereocenters. The van der Waals surface area contributed by atoms with E-state index in [0.717, 1.165) is 5.01 Å². The first-order valence-electron chi connectivity index (χ1n) is 8.25. The monoisotopic (exact) mass is 365 g/mol. The first-order valence-corrected chi connectivity index (χ1v) is 9.13. The van der Waals surface area contributed by atoms with E-state index in [-0.39, 0.29) is 0 Å². The molecule has 0 saturated carbocycles. The number of nitrogens with zero attached hydrogens (tertiary/aromatic N) is 2. The third kappa shape index (κ3) is 4.07. The Labute approximate surface area is 150 Å². The second-order valence-electron chi connectivity index (χ2n) is 6.62. The molecule has 25 heavy (non-hydrogen) atoms. The maximum Gasteiger partial charge on any atom is 0.292 e. The fourth-order valence-corrected chi connectivity index (χ4v) is 3.22. The summed E-state index contributed by atoms with van der Waals surface area (Å²) in [7, 11) is 0. The van der Waals surface area contributed by atoms with Crippen molar-refractivity contribution in [3.63, 3.8) is 0 Å². The van der Waals surface area contributed by atoms with Crippen LogP contribution in [-0.2, 0) is 14.4 Å². The maximum atomic E-state index is 12.6. The summed E-state index contributed by atoms with van der Waals surface area (Å²) in [6.07, 6.45) is 1.55. The number of ketones is 1. The minimum Gasteiger partial charge on any atom is -0.314 e. The Kier molecular flexibility index (Phi) is 5.94. The van der Waals surface area contributed by atoms with Gasteiger partial charge in [0.25, 0.3) is 11.8 Å². The lowest BCUT2D eigenvalue weighted by Crippen LogP contribution is -2.56. The second kappa shape index (κ2) is 7.77. The zero-order valence-corrected chi connectivity index (χ0v) is 15.5. The van der Waals surface area contributed by atoms with E-state index in [1.165, 1.54) is 16.2 Å². The van der Waals surface area contributed by atoms with Crippen LogP contribution in [-0.4, -0.2) is 46.6 Å². The van der Waals surface area contributed by atoms with E-state index < -0.39 is 29.2 Å². The molecule has 1 fully saturated rings. The molecular formula is C17H23N3O4S. The Bertz CT molecular complexity index is 657. The van der Waals surface area contributed by atoms with Gasteiger partial charge in [-0.15, -0.1) is 11.3 Å². The van der Waals surface area contributed by atoms with Crippen LogP contribution in [0.3, 0.4) is 0 Å². The van der Waals surface area contributed by atoms with E-state index >= 15 is 0 Å². The number of likely N-dealkylation sites (tertiary alicyclic amines) is 1. The molecule has 1 aliphatic heterocycles. The minimum absolute atomic E-state index is 0.383. The number of hydrazine groups is 1. The van der Waals surface area contributed by atoms with E-state index in [4.69, 9.17) is 0 Å². The van der Waals surface area contributed by atoms with E-state index in [9.17, 15) is 19.2 Å². The van der Waals surface area contributed by atoms with Crippen LogP contribution in [0.2, 0.25) is 0 Å². The number of carbonyl (C=O) groups excluding carboxylic acids is 4. The average molecular weight is 365 g/mol. The van der Waals surface area contributed by atoms with Gasteiger partial charge in [-0.2, -0.15) is 0 Å². The van der Waals surface area contributed by atoms with Crippen molar-refractivity contribution >= 4 is 35.3 Å². The van der Waals surface area contributed by atoms with E-state index in [2.05, 4.69) is 5.43 Å². The molecule has 1 unspecified atom stereocenters. The molecule has 1 N–H and O–H groups in total. The van der Waals surface area contributed by atoms with Gasteiger partial charge in [-0.1, -0.05) is 26.8 Å². The van der Waals surface area contributed by atoms with Crippen LogP contribution in [0.15, 0.2) is 17.5 Å². The average Bonchev–Trinajstić information content (AvgIpc) is 3.29. The van der Waals surface area contributed by atoms with Gasteiger partial charge in [0.15, 0.2) is 0 Å². The molecule has 136 valence electrons. The predicted molar refractivity (Wildman–Crippen MR) is 93.5 cm³/mol. The zero-order chi connectivity index (χ0) is 18.6. The Morgan fingerprint density at radius 2 is 2.16 bits per heavy atom. The highest BCUT2D eigenvalue weighted by atomic mass is 32.1. The molecule has 2 rings (SSSR count). The van der Waals surface area contributed by atoms with Gasteiger partial charge in [0.05, 0.1) is 4.88 Å². The zero-order valence-electron chi connectivity index (χ0n) is 14.7. The summed E-state index contributed by atoms with van der Waals surface area (Å²) in [5.74, 6) is -1.49. The largest absolute Gasteiger partial charge is 0.314 e. The van der Waals surface area contributed by atoms with Crippen molar-refractivity contribution in [2.45, 2.75) is 46.2 Å². The molecule has 1 saturated heterocycles. The Morgan fingerprint density at radius 1 is 1.44 bits per heavy atom.